The molecule has 1 aromatic heterocycles. The van der Waals surface area contributed by atoms with E-state index in [1.54, 1.807) is 13.8 Å². The van der Waals surface area contributed by atoms with Crippen LogP contribution in [0.4, 0.5) is 11.6 Å². The highest BCUT2D eigenvalue weighted by atomic mass is 16.1. The number of carbonyl (C=O) groups is 1. The molecule has 1 amide bonds. The van der Waals surface area contributed by atoms with Crippen molar-refractivity contribution in [3.63, 3.8) is 0 Å². The van der Waals surface area contributed by atoms with E-state index in [0.29, 0.717) is 17.5 Å². The van der Waals surface area contributed by atoms with E-state index < -0.39 is 11.4 Å². The summed E-state index contributed by atoms with van der Waals surface area (Å²) in [4.78, 5) is 20.1. The largest absolute Gasteiger partial charge is 0.368 e. The molecule has 0 saturated carbocycles. The Morgan fingerprint density at radius 2 is 1.79 bits per heavy atom. The van der Waals surface area contributed by atoms with Crippen LogP contribution in [0.15, 0.2) is 0 Å². The fourth-order valence-electron chi connectivity index (χ4n) is 1.41. The Kier molecular flexibility index (Phi) is 4.31. The molecule has 0 aromatic carbocycles. The number of anilines is 2. The molecule has 106 valence electrons. The number of nitrogens with one attached hydrogen (secondary N) is 2. The molecule has 0 aliphatic rings. The van der Waals surface area contributed by atoms with Crippen LogP contribution in [0.1, 0.15) is 45.0 Å². The first-order chi connectivity index (χ1) is 8.69. The number of nitrogen functional groups attached to an aromatic ring is 1. The standard InChI is InChI=1S/C12H22N6O/c1-6(2)8-15-9(7(3)10(16-8)18-14)17-12(4,5)11(13)19/h6H,14H2,1-5H3,(H2,13,19)(H2,15,16,17,18). The summed E-state index contributed by atoms with van der Waals surface area (Å²) in [7, 11) is 0. The first-order valence-corrected chi connectivity index (χ1v) is 6.12. The van der Waals surface area contributed by atoms with Gasteiger partial charge in [-0.3, -0.25) is 4.79 Å². The normalized spacial score (nSPS) is 11.5. The number of nitrogens with zero attached hydrogens (tertiary/aromatic N) is 2. The third-order valence-electron chi connectivity index (χ3n) is 2.86. The second-order valence-corrected chi connectivity index (χ2v) is 5.32. The van der Waals surface area contributed by atoms with Crippen LogP contribution in [-0.2, 0) is 4.79 Å². The van der Waals surface area contributed by atoms with Gasteiger partial charge in [0.05, 0.1) is 0 Å². The number of hydrogen-bond acceptors (Lipinski definition) is 6. The zero-order chi connectivity index (χ0) is 14.8. The average molecular weight is 266 g/mol. The van der Waals surface area contributed by atoms with Crippen molar-refractivity contribution < 1.29 is 4.79 Å². The lowest BCUT2D eigenvalue weighted by Gasteiger charge is -2.25. The third-order valence-corrected chi connectivity index (χ3v) is 2.86. The minimum atomic E-state index is -0.904. The van der Waals surface area contributed by atoms with Gasteiger partial charge in [-0.1, -0.05) is 13.8 Å². The molecule has 19 heavy (non-hydrogen) atoms. The molecule has 0 bridgehead atoms. The van der Waals surface area contributed by atoms with Crippen molar-refractivity contribution in [2.75, 3.05) is 10.7 Å². The Morgan fingerprint density at radius 1 is 1.26 bits per heavy atom. The molecular weight excluding hydrogens is 244 g/mol. The summed E-state index contributed by atoms with van der Waals surface area (Å²) in [5.74, 6) is 6.86. The smallest absolute Gasteiger partial charge is 0.242 e. The topological polar surface area (TPSA) is 119 Å². The molecule has 0 saturated heterocycles. The van der Waals surface area contributed by atoms with Gasteiger partial charge in [-0.25, -0.2) is 15.8 Å². The Bertz CT molecular complexity index is 483. The molecule has 1 aromatic rings. The number of primary amides is 1. The van der Waals surface area contributed by atoms with Crippen LogP contribution in [-0.4, -0.2) is 21.4 Å². The molecule has 0 unspecified atom stereocenters. The van der Waals surface area contributed by atoms with E-state index in [-0.39, 0.29) is 5.92 Å². The lowest BCUT2D eigenvalue weighted by atomic mass is 10.0. The second-order valence-electron chi connectivity index (χ2n) is 5.32. The van der Waals surface area contributed by atoms with Crippen LogP contribution in [0, 0.1) is 6.92 Å². The Hall–Kier alpha value is -1.89. The number of rotatable bonds is 5. The summed E-state index contributed by atoms with van der Waals surface area (Å²) in [6.45, 7) is 9.17. The fourth-order valence-corrected chi connectivity index (χ4v) is 1.41. The monoisotopic (exact) mass is 266 g/mol. The highest BCUT2D eigenvalue weighted by molar-refractivity contribution is 5.87. The molecule has 0 atom stereocenters. The number of nitrogens with two attached hydrogens (primary N) is 2. The summed E-state index contributed by atoms with van der Waals surface area (Å²) in [5, 5.41) is 3.03. The van der Waals surface area contributed by atoms with Crippen molar-refractivity contribution in [3.8, 4) is 0 Å². The predicted molar refractivity (Wildman–Crippen MR) is 75.6 cm³/mol. The zero-order valence-electron chi connectivity index (χ0n) is 12.0. The number of hydrogen-bond donors (Lipinski definition) is 4. The van der Waals surface area contributed by atoms with Gasteiger partial charge in [0.25, 0.3) is 0 Å². The van der Waals surface area contributed by atoms with Crippen molar-refractivity contribution in [1.29, 1.82) is 0 Å². The van der Waals surface area contributed by atoms with Crippen LogP contribution in [0.2, 0.25) is 0 Å². The number of amides is 1. The van der Waals surface area contributed by atoms with E-state index in [1.807, 2.05) is 20.8 Å². The average Bonchev–Trinajstić information content (AvgIpc) is 2.30. The second kappa shape index (κ2) is 5.40. The molecule has 1 heterocycles. The number of aromatic nitrogens is 2. The lowest BCUT2D eigenvalue weighted by Crippen LogP contribution is -2.45. The zero-order valence-corrected chi connectivity index (χ0v) is 12.0. The Morgan fingerprint density at radius 3 is 2.21 bits per heavy atom. The lowest BCUT2D eigenvalue weighted by molar-refractivity contribution is -0.121. The number of hydrazine groups is 1. The van der Waals surface area contributed by atoms with E-state index in [0.717, 1.165) is 5.56 Å². The van der Waals surface area contributed by atoms with Crippen LogP contribution in [0.5, 0.6) is 0 Å². The fraction of sp³-hybridized carbons (Fsp3) is 0.583. The highest BCUT2D eigenvalue weighted by Crippen LogP contribution is 2.24. The summed E-state index contributed by atoms with van der Waals surface area (Å²) in [6.07, 6.45) is 0. The first-order valence-electron chi connectivity index (χ1n) is 6.12. The van der Waals surface area contributed by atoms with Gasteiger partial charge >= 0.3 is 0 Å². The van der Waals surface area contributed by atoms with E-state index in [9.17, 15) is 4.79 Å². The van der Waals surface area contributed by atoms with Crippen LogP contribution >= 0.6 is 0 Å². The quantitative estimate of drug-likeness (QED) is 0.464. The van der Waals surface area contributed by atoms with E-state index in [1.165, 1.54) is 0 Å². The van der Waals surface area contributed by atoms with Gasteiger partial charge in [-0.2, -0.15) is 0 Å². The highest BCUT2D eigenvalue weighted by Gasteiger charge is 2.26. The van der Waals surface area contributed by atoms with Gasteiger partial charge in [0.1, 0.15) is 23.0 Å². The maximum Gasteiger partial charge on any atom is 0.242 e. The maximum absolute atomic E-state index is 11.4. The van der Waals surface area contributed by atoms with E-state index in [4.69, 9.17) is 11.6 Å². The molecule has 7 nitrogen and oxygen atoms in total. The van der Waals surface area contributed by atoms with E-state index in [2.05, 4.69) is 20.7 Å². The van der Waals surface area contributed by atoms with Crippen LogP contribution in [0.25, 0.3) is 0 Å². The molecule has 6 N–H and O–H groups in total. The molecule has 0 aliphatic heterocycles. The van der Waals surface area contributed by atoms with Crippen LogP contribution < -0.4 is 22.3 Å². The van der Waals surface area contributed by atoms with Gasteiger partial charge < -0.3 is 16.5 Å². The summed E-state index contributed by atoms with van der Waals surface area (Å²) < 4.78 is 0. The predicted octanol–water partition coefficient (Wildman–Crippen LogP) is 0.870. The molecule has 0 aliphatic carbocycles. The van der Waals surface area contributed by atoms with Gasteiger partial charge in [0.15, 0.2) is 0 Å². The summed E-state index contributed by atoms with van der Waals surface area (Å²) in [6, 6.07) is 0. The van der Waals surface area contributed by atoms with Crippen molar-refractivity contribution >= 4 is 17.5 Å². The minimum absolute atomic E-state index is 0.143. The molecular formula is C12H22N6O. The van der Waals surface area contributed by atoms with Crippen molar-refractivity contribution in [2.24, 2.45) is 11.6 Å². The van der Waals surface area contributed by atoms with Gasteiger partial charge in [-0.05, 0) is 20.8 Å². The Labute approximate surface area is 113 Å². The van der Waals surface area contributed by atoms with Gasteiger partial charge in [-0.15, -0.1) is 0 Å². The maximum atomic E-state index is 11.4. The van der Waals surface area contributed by atoms with Gasteiger partial charge in [0, 0.05) is 11.5 Å². The molecule has 7 heteroatoms. The van der Waals surface area contributed by atoms with E-state index >= 15 is 0 Å². The third kappa shape index (κ3) is 3.31. The SMILES string of the molecule is Cc1c(NN)nc(C(C)C)nc1NC(C)(C)C(N)=O. The molecule has 0 spiro atoms. The molecule has 0 fully saturated rings. The van der Waals surface area contributed by atoms with Gasteiger partial charge in [0.2, 0.25) is 5.91 Å². The molecule has 1 rings (SSSR count). The molecule has 0 radical (unpaired) electrons. The summed E-state index contributed by atoms with van der Waals surface area (Å²) >= 11 is 0. The minimum Gasteiger partial charge on any atom is -0.368 e. The number of carbonyl (C=O) groups excluding carboxylic acids is 1. The Balaban J connectivity index is 3.26. The van der Waals surface area contributed by atoms with Crippen molar-refractivity contribution in [1.82, 2.24) is 9.97 Å². The summed E-state index contributed by atoms with van der Waals surface area (Å²) in [5.41, 5.74) is 7.72. The van der Waals surface area contributed by atoms with Crippen LogP contribution in [0.3, 0.4) is 0 Å². The van der Waals surface area contributed by atoms with Crippen molar-refractivity contribution in [3.05, 3.63) is 11.4 Å². The first kappa shape index (κ1) is 15.2. The van der Waals surface area contributed by atoms with Crippen molar-refractivity contribution in [2.45, 2.75) is 46.1 Å².